The minimum absolute atomic E-state index is 0.0337. The van der Waals surface area contributed by atoms with Gasteiger partial charge in [-0.1, -0.05) is 64.5 Å². The Bertz CT molecular complexity index is 985. The van der Waals surface area contributed by atoms with Crippen LogP contribution >= 0.6 is 0 Å². The topological polar surface area (TPSA) is 61.8 Å². The molecule has 1 aliphatic carbocycles. The summed E-state index contributed by atoms with van der Waals surface area (Å²) in [5.74, 6) is 0.949. The minimum Gasteiger partial charge on any atom is -0.494 e. The average molecular weight is 521 g/mol. The second-order valence-electron chi connectivity index (χ2n) is 10.2. The molecule has 206 valence electrons. The average Bonchev–Trinajstić information content (AvgIpc) is 2.94. The molecule has 0 radical (unpaired) electrons. The largest absolute Gasteiger partial charge is 0.494 e. The molecule has 5 nitrogen and oxygen atoms in total. The van der Waals surface area contributed by atoms with Crippen molar-refractivity contribution in [1.29, 1.82) is 0 Å². The van der Waals surface area contributed by atoms with E-state index >= 15 is 0 Å². The lowest BCUT2D eigenvalue weighted by molar-refractivity contribution is 0.0184. The molecule has 0 spiro atoms. The van der Waals surface area contributed by atoms with Crippen LogP contribution in [0.15, 0.2) is 60.7 Å². The molecule has 5 heteroatoms. The van der Waals surface area contributed by atoms with Gasteiger partial charge in [-0.15, -0.1) is 0 Å². The summed E-state index contributed by atoms with van der Waals surface area (Å²) >= 11 is 0. The smallest absolute Gasteiger partial charge is 0.343 e. The maximum absolute atomic E-state index is 12.6. The van der Waals surface area contributed by atoms with Gasteiger partial charge in [0.15, 0.2) is 0 Å². The minimum atomic E-state index is -0.451. The number of hydrogen-bond acceptors (Lipinski definition) is 5. The van der Waals surface area contributed by atoms with E-state index in [1.165, 1.54) is 38.5 Å². The van der Waals surface area contributed by atoms with Gasteiger partial charge in [0.1, 0.15) is 17.6 Å². The normalized spacial score (nSPS) is 17.3. The zero-order valence-electron chi connectivity index (χ0n) is 23.2. The highest BCUT2D eigenvalue weighted by Crippen LogP contribution is 2.28. The molecule has 1 fully saturated rings. The predicted molar refractivity (Wildman–Crippen MR) is 152 cm³/mol. The van der Waals surface area contributed by atoms with Gasteiger partial charge in [-0.05, 0) is 93.0 Å². The Morgan fingerprint density at radius 3 is 2.00 bits per heavy atom. The summed E-state index contributed by atoms with van der Waals surface area (Å²) in [6.07, 6.45) is 18.1. The maximum Gasteiger partial charge on any atom is 0.343 e. The maximum atomic E-state index is 12.6. The Morgan fingerprint density at radius 2 is 1.34 bits per heavy atom. The third kappa shape index (κ3) is 10.4. The number of unbranched alkanes of at least 4 members (excludes halogenated alkanes) is 6. The Hall–Kier alpha value is -3.08. The highest BCUT2D eigenvalue weighted by Gasteiger charge is 2.23. The molecular formula is C33H44O5. The van der Waals surface area contributed by atoms with Gasteiger partial charge >= 0.3 is 11.9 Å². The van der Waals surface area contributed by atoms with Gasteiger partial charge in [-0.2, -0.15) is 0 Å². The number of hydrogen-bond donors (Lipinski definition) is 0. The van der Waals surface area contributed by atoms with Crippen LogP contribution in [0.3, 0.4) is 0 Å². The fourth-order valence-corrected chi connectivity index (χ4v) is 4.66. The van der Waals surface area contributed by atoms with E-state index in [1.54, 1.807) is 48.5 Å². The summed E-state index contributed by atoms with van der Waals surface area (Å²) in [6, 6.07) is 13.5. The molecule has 2 aromatic rings. The first-order chi connectivity index (χ1) is 18.6. The number of benzene rings is 2. The molecule has 0 aliphatic heterocycles. The van der Waals surface area contributed by atoms with Crippen LogP contribution in [0.5, 0.6) is 11.5 Å². The van der Waals surface area contributed by atoms with Gasteiger partial charge < -0.3 is 14.2 Å². The van der Waals surface area contributed by atoms with Crippen molar-refractivity contribution in [1.82, 2.24) is 0 Å². The molecule has 1 aliphatic rings. The Morgan fingerprint density at radius 1 is 0.737 bits per heavy atom. The number of carbonyl (C=O) groups excluding carboxylic acids is 2. The van der Waals surface area contributed by atoms with Crippen LogP contribution in [-0.2, 0) is 4.74 Å². The number of allylic oxidation sites excluding steroid dienone is 2. The zero-order chi connectivity index (χ0) is 27.0. The van der Waals surface area contributed by atoms with Crippen LogP contribution in [0.25, 0.3) is 0 Å². The Balaban J connectivity index is 1.38. The molecule has 1 saturated carbocycles. The van der Waals surface area contributed by atoms with E-state index in [0.29, 0.717) is 29.4 Å². The molecule has 0 N–H and O–H groups in total. The summed E-state index contributed by atoms with van der Waals surface area (Å²) in [5.41, 5.74) is 0.905. The molecule has 0 saturated heterocycles. The second-order valence-corrected chi connectivity index (χ2v) is 10.2. The van der Waals surface area contributed by atoms with Crippen molar-refractivity contribution in [3.63, 3.8) is 0 Å². The van der Waals surface area contributed by atoms with Crippen LogP contribution in [-0.4, -0.2) is 24.6 Å². The molecule has 0 aromatic heterocycles. The number of carbonyl (C=O) groups is 2. The van der Waals surface area contributed by atoms with Crippen LogP contribution in [0.1, 0.15) is 112 Å². The van der Waals surface area contributed by atoms with Gasteiger partial charge in [-0.25, -0.2) is 9.59 Å². The molecular weight excluding hydrogens is 476 g/mol. The molecule has 0 heterocycles. The molecule has 0 bridgehead atoms. The first-order valence-corrected chi connectivity index (χ1v) is 14.5. The summed E-state index contributed by atoms with van der Waals surface area (Å²) in [6.45, 7) is 5.09. The third-order valence-electron chi connectivity index (χ3n) is 7.01. The Labute approximate surface area is 228 Å². The van der Waals surface area contributed by atoms with Crippen molar-refractivity contribution < 1.29 is 23.8 Å². The van der Waals surface area contributed by atoms with E-state index in [2.05, 4.69) is 26.0 Å². The van der Waals surface area contributed by atoms with Gasteiger partial charge in [0, 0.05) is 0 Å². The number of esters is 2. The quantitative estimate of drug-likeness (QED) is 0.102. The molecule has 0 unspecified atom stereocenters. The van der Waals surface area contributed by atoms with Crippen molar-refractivity contribution in [2.45, 2.75) is 97.0 Å². The van der Waals surface area contributed by atoms with E-state index < -0.39 is 5.97 Å². The van der Waals surface area contributed by atoms with Crippen LogP contribution < -0.4 is 9.47 Å². The van der Waals surface area contributed by atoms with E-state index in [1.807, 2.05) is 0 Å². The molecule has 0 atom stereocenters. The third-order valence-corrected chi connectivity index (χ3v) is 7.01. The monoisotopic (exact) mass is 520 g/mol. The fraction of sp³-hybridized carbons (Fsp3) is 0.515. The van der Waals surface area contributed by atoms with E-state index in [4.69, 9.17) is 14.2 Å². The fourth-order valence-electron chi connectivity index (χ4n) is 4.66. The van der Waals surface area contributed by atoms with Crippen LogP contribution in [0, 0.1) is 5.92 Å². The number of rotatable bonds is 15. The van der Waals surface area contributed by atoms with Crippen LogP contribution in [0.2, 0.25) is 0 Å². The molecule has 2 aromatic carbocycles. The summed E-state index contributed by atoms with van der Waals surface area (Å²) in [5, 5.41) is 0. The molecule has 3 rings (SSSR count). The lowest BCUT2D eigenvalue weighted by Gasteiger charge is -2.26. The number of ether oxygens (including phenoxy) is 3. The standard InChI is InChI=1S/C33H44O5/c1-3-5-7-8-9-11-25-36-29-21-15-27(16-22-29)32(34)38-31-23-17-28(18-24-31)33(35)37-30-19-13-26(14-20-30)12-10-6-4-2/h10,12,15-18,21-24,26,30H,3-9,11,13-14,19-20,25H2,1-2H3/t26-,30-. The molecule has 0 amide bonds. The van der Waals surface area contributed by atoms with E-state index in [-0.39, 0.29) is 12.1 Å². The van der Waals surface area contributed by atoms with Crippen LogP contribution in [0.4, 0.5) is 0 Å². The van der Waals surface area contributed by atoms with E-state index in [9.17, 15) is 9.59 Å². The van der Waals surface area contributed by atoms with E-state index in [0.717, 1.165) is 44.3 Å². The van der Waals surface area contributed by atoms with Crippen molar-refractivity contribution in [3.8, 4) is 11.5 Å². The van der Waals surface area contributed by atoms with Crippen molar-refractivity contribution in [2.75, 3.05) is 6.61 Å². The van der Waals surface area contributed by atoms with Gasteiger partial charge in [0.2, 0.25) is 0 Å². The summed E-state index contributed by atoms with van der Waals surface area (Å²) in [4.78, 5) is 25.1. The van der Waals surface area contributed by atoms with Gasteiger partial charge in [-0.3, -0.25) is 0 Å². The highest BCUT2D eigenvalue weighted by molar-refractivity contribution is 5.92. The molecule has 38 heavy (non-hydrogen) atoms. The zero-order valence-corrected chi connectivity index (χ0v) is 23.2. The second kappa shape index (κ2) is 16.7. The SMILES string of the molecule is CCCC=C[C@H]1CC[C@H](OC(=O)c2ccc(OC(=O)c3ccc(OCCCCCCCC)cc3)cc2)CC1. The first kappa shape index (κ1) is 29.5. The van der Waals surface area contributed by atoms with Gasteiger partial charge in [0.05, 0.1) is 17.7 Å². The lowest BCUT2D eigenvalue weighted by atomic mass is 9.87. The van der Waals surface area contributed by atoms with Crippen molar-refractivity contribution in [2.24, 2.45) is 5.92 Å². The first-order valence-electron chi connectivity index (χ1n) is 14.5. The summed E-state index contributed by atoms with van der Waals surface area (Å²) in [7, 11) is 0. The summed E-state index contributed by atoms with van der Waals surface area (Å²) < 4.78 is 17.0. The van der Waals surface area contributed by atoms with Gasteiger partial charge in [0.25, 0.3) is 0 Å². The lowest BCUT2D eigenvalue weighted by Crippen LogP contribution is -2.24. The van der Waals surface area contributed by atoms with Crippen molar-refractivity contribution in [3.05, 3.63) is 71.8 Å². The Kier molecular flexibility index (Phi) is 13.0. The highest BCUT2D eigenvalue weighted by atomic mass is 16.5. The predicted octanol–water partition coefficient (Wildman–Crippen LogP) is 8.72. The van der Waals surface area contributed by atoms with Crippen molar-refractivity contribution >= 4 is 11.9 Å².